The maximum absolute atomic E-state index is 15.1. The molecule has 0 spiro atoms. The minimum absolute atomic E-state index is 0.00815. The molecule has 9 heteroatoms. The van der Waals surface area contributed by atoms with Gasteiger partial charge in [0.05, 0.1) is 6.07 Å². The molecule has 180 valence electrons. The van der Waals surface area contributed by atoms with Gasteiger partial charge in [0.2, 0.25) is 15.9 Å². The molecule has 0 aliphatic carbocycles. The number of amides is 1. The van der Waals surface area contributed by atoms with E-state index in [1.807, 2.05) is 47.4 Å². The van der Waals surface area contributed by atoms with Gasteiger partial charge in [-0.05, 0) is 30.5 Å². The summed E-state index contributed by atoms with van der Waals surface area (Å²) >= 11 is 0. The molecule has 0 bridgehead atoms. The fourth-order valence-corrected chi connectivity index (χ4v) is 6.72. The summed E-state index contributed by atoms with van der Waals surface area (Å²) < 4.78 is 43.4. The Morgan fingerprint density at radius 3 is 2.44 bits per heavy atom. The van der Waals surface area contributed by atoms with E-state index in [1.165, 1.54) is 10.4 Å². The predicted octanol–water partition coefficient (Wildman–Crippen LogP) is 3.44. The number of rotatable bonds is 5. The smallest absolute Gasteiger partial charge is 0.236 e. The van der Waals surface area contributed by atoms with Crippen LogP contribution in [-0.2, 0) is 21.4 Å². The Morgan fingerprint density at radius 2 is 1.76 bits per heavy atom. The van der Waals surface area contributed by atoms with Gasteiger partial charge in [0, 0.05) is 50.5 Å². The fraction of sp³-hybridized carbons (Fsp3) is 0.440. The number of nitriles is 1. The number of hydrogen-bond acceptors (Lipinski definition) is 5. The lowest BCUT2D eigenvalue weighted by molar-refractivity contribution is -0.130. The molecule has 2 saturated heterocycles. The van der Waals surface area contributed by atoms with Crippen LogP contribution in [0, 0.1) is 17.1 Å². The van der Waals surface area contributed by atoms with E-state index in [0.29, 0.717) is 50.4 Å². The van der Waals surface area contributed by atoms with Crippen molar-refractivity contribution >= 4 is 21.6 Å². The van der Waals surface area contributed by atoms with Crippen LogP contribution in [0.5, 0.6) is 0 Å². The summed E-state index contributed by atoms with van der Waals surface area (Å²) in [4.78, 5) is 15.5. The van der Waals surface area contributed by atoms with Crippen LogP contribution in [0.3, 0.4) is 0 Å². The second-order valence-electron chi connectivity index (χ2n) is 8.75. The SMILES string of the molecule is N#CCC(=O)N1CCN(c2ccc(CN3CCCCC(c4ccccc4)S3(=O)=O)c(F)c2)CC1. The molecule has 2 aliphatic heterocycles. The highest BCUT2D eigenvalue weighted by Gasteiger charge is 2.35. The third-order valence-corrected chi connectivity index (χ3v) is 8.88. The van der Waals surface area contributed by atoms with Crippen LogP contribution in [0.15, 0.2) is 48.5 Å². The summed E-state index contributed by atoms with van der Waals surface area (Å²) in [6.45, 7) is 2.46. The second-order valence-corrected chi connectivity index (χ2v) is 10.9. The van der Waals surface area contributed by atoms with Crippen LogP contribution < -0.4 is 4.90 Å². The normalized spacial score (nSPS) is 21.0. The van der Waals surface area contributed by atoms with Gasteiger partial charge in [0.1, 0.15) is 17.5 Å². The summed E-state index contributed by atoms with van der Waals surface area (Å²) in [6, 6.07) is 16.0. The average molecular weight is 485 g/mol. The summed E-state index contributed by atoms with van der Waals surface area (Å²) in [5, 5.41) is 8.09. The summed E-state index contributed by atoms with van der Waals surface area (Å²) in [7, 11) is -3.62. The van der Waals surface area contributed by atoms with E-state index < -0.39 is 21.1 Å². The van der Waals surface area contributed by atoms with Gasteiger partial charge in [0.25, 0.3) is 0 Å². The zero-order valence-corrected chi connectivity index (χ0v) is 19.9. The van der Waals surface area contributed by atoms with E-state index in [0.717, 1.165) is 18.4 Å². The van der Waals surface area contributed by atoms with Gasteiger partial charge in [-0.15, -0.1) is 0 Å². The molecule has 2 aromatic carbocycles. The standard InChI is InChI=1S/C25H29FN4O3S/c26-23-18-22(28-14-16-29(17-15-28)25(31)11-12-27)10-9-21(23)19-30-13-5-4-8-24(34(30,32)33)20-6-2-1-3-7-20/h1-3,6-7,9-10,18,24H,4-5,8,11,13-17,19H2. The Balaban J connectivity index is 1.46. The molecule has 34 heavy (non-hydrogen) atoms. The zero-order chi connectivity index (χ0) is 24.1. The maximum atomic E-state index is 15.1. The van der Waals surface area contributed by atoms with Crippen molar-refractivity contribution < 1.29 is 17.6 Å². The van der Waals surface area contributed by atoms with Crippen LogP contribution in [0.4, 0.5) is 10.1 Å². The first kappa shape index (κ1) is 24.2. The van der Waals surface area contributed by atoms with Gasteiger partial charge in [-0.25, -0.2) is 12.8 Å². The van der Waals surface area contributed by atoms with Gasteiger partial charge in [0.15, 0.2) is 0 Å². The van der Waals surface area contributed by atoms with Crippen molar-refractivity contribution in [1.29, 1.82) is 5.26 Å². The first-order valence-electron chi connectivity index (χ1n) is 11.6. The third-order valence-electron chi connectivity index (χ3n) is 6.63. The quantitative estimate of drug-likeness (QED) is 0.649. The Kier molecular flexibility index (Phi) is 7.49. The third kappa shape index (κ3) is 5.24. The topological polar surface area (TPSA) is 84.7 Å². The highest BCUT2D eigenvalue weighted by Crippen LogP contribution is 2.34. The lowest BCUT2D eigenvalue weighted by Crippen LogP contribution is -2.48. The number of nitrogens with zero attached hydrogens (tertiary/aromatic N) is 4. The van der Waals surface area contributed by atoms with E-state index in [2.05, 4.69) is 0 Å². The van der Waals surface area contributed by atoms with Crippen LogP contribution in [0.2, 0.25) is 0 Å². The molecule has 1 unspecified atom stereocenters. The number of anilines is 1. The number of sulfonamides is 1. The summed E-state index contributed by atoms with van der Waals surface area (Å²) in [5.74, 6) is -0.618. The molecule has 0 aromatic heterocycles. The molecule has 0 saturated carbocycles. The van der Waals surface area contributed by atoms with Crippen molar-refractivity contribution in [3.63, 3.8) is 0 Å². The summed E-state index contributed by atoms with van der Waals surface area (Å²) in [6.07, 6.45) is 1.98. The number of carbonyl (C=O) groups is 1. The van der Waals surface area contributed by atoms with Crippen molar-refractivity contribution in [1.82, 2.24) is 9.21 Å². The minimum Gasteiger partial charge on any atom is -0.368 e. The van der Waals surface area contributed by atoms with Crippen molar-refractivity contribution in [2.75, 3.05) is 37.6 Å². The minimum atomic E-state index is -3.62. The number of carbonyl (C=O) groups excluding carboxylic acids is 1. The molecular weight excluding hydrogens is 455 g/mol. The molecule has 2 aromatic rings. The maximum Gasteiger partial charge on any atom is 0.236 e. The molecule has 1 amide bonds. The molecule has 1 atom stereocenters. The van der Waals surface area contributed by atoms with E-state index in [1.54, 1.807) is 11.0 Å². The van der Waals surface area contributed by atoms with Gasteiger partial charge in [-0.3, -0.25) is 4.79 Å². The second kappa shape index (κ2) is 10.5. The largest absolute Gasteiger partial charge is 0.368 e. The molecule has 2 heterocycles. The van der Waals surface area contributed by atoms with Crippen molar-refractivity contribution in [3.8, 4) is 6.07 Å². The molecule has 0 radical (unpaired) electrons. The summed E-state index contributed by atoms with van der Waals surface area (Å²) in [5.41, 5.74) is 1.83. The molecule has 2 aliphatic rings. The highest BCUT2D eigenvalue weighted by atomic mass is 32.2. The van der Waals surface area contributed by atoms with Gasteiger partial charge in [-0.1, -0.05) is 42.8 Å². The van der Waals surface area contributed by atoms with Gasteiger partial charge in [-0.2, -0.15) is 9.57 Å². The Bertz CT molecular complexity index is 1160. The molecule has 4 rings (SSSR count). The first-order chi connectivity index (χ1) is 16.4. The lowest BCUT2D eigenvalue weighted by Gasteiger charge is -2.36. The van der Waals surface area contributed by atoms with Crippen molar-refractivity contribution in [2.24, 2.45) is 0 Å². The zero-order valence-electron chi connectivity index (χ0n) is 19.1. The lowest BCUT2D eigenvalue weighted by atomic mass is 10.1. The first-order valence-corrected chi connectivity index (χ1v) is 13.1. The Morgan fingerprint density at radius 1 is 1.03 bits per heavy atom. The Labute approximate surface area is 200 Å². The Hall–Kier alpha value is -2.96. The van der Waals surface area contributed by atoms with Crippen LogP contribution in [0.25, 0.3) is 0 Å². The molecular formula is C25H29FN4O3S. The van der Waals surface area contributed by atoms with E-state index >= 15 is 4.39 Å². The average Bonchev–Trinajstić information content (AvgIpc) is 2.99. The van der Waals surface area contributed by atoms with Crippen LogP contribution >= 0.6 is 0 Å². The van der Waals surface area contributed by atoms with Gasteiger partial charge < -0.3 is 9.80 Å². The number of halogens is 1. The van der Waals surface area contributed by atoms with E-state index in [9.17, 15) is 13.2 Å². The van der Waals surface area contributed by atoms with Gasteiger partial charge >= 0.3 is 0 Å². The molecule has 0 N–H and O–H groups in total. The van der Waals surface area contributed by atoms with Crippen LogP contribution in [-0.4, -0.2) is 56.3 Å². The van der Waals surface area contributed by atoms with Crippen molar-refractivity contribution in [3.05, 3.63) is 65.5 Å². The molecule has 7 nitrogen and oxygen atoms in total. The monoisotopic (exact) mass is 484 g/mol. The predicted molar refractivity (Wildman–Crippen MR) is 128 cm³/mol. The number of hydrogen-bond donors (Lipinski definition) is 0. The van der Waals surface area contributed by atoms with E-state index in [4.69, 9.17) is 5.26 Å². The fourth-order valence-electron chi connectivity index (χ4n) is 4.69. The highest BCUT2D eigenvalue weighted by molar-refractivity contribution is 7.89. The molecule has 2 fully saturated rings. The number of benzene rings is 2. The van der Waals surface area contributed by atoms with E-state index in [-0.39, 0.29) is 18.9 Å². The van der Waals surface area contributed by atoms with Crippen LogP contribution in [0.1, 0.15) is 42.1 Å². The van der Waals surface area contributed by atoms with Crippen molar-refractivity contribution in [2.45, 2.75) is 37.5 Å². The number of piperazine rings is 1.